The molecule has 116 valence electrons. The molecular formula is C18H21NO3. The van der Waals surface area contributed by atoms with Crippen molar-refractivity contribution in [1.29, 1.82) is 0 Å². The second kappa shape index (κ2) is 6.98. The lowest BCUT2D eigenvalue weighted by Gasteiger charge is -2.17. The van der Waals surface area contributed by atoms with E-state index in [1.807, 2.05) is 38.1 Å². The van der Waals surface area contributed by atoms with Crippen LogP contribution in [0.3, 0.4) is 0 Å². The number of nitrogens with one attached hydrogen (secondary N) is 1. The Morgan fingerprint density at radius 1 is 1.00 bits per heavy atom. The topological polar surface area (TPSA) is 47.6 Å². The van der Waals surface area contributed by atoms with Crippen LogP contribution in [0.4, 0.5) is 0 Å². The highest BCUT2D eigenvalue weighted by Gasteiger charge is 2.20. The molecule has 0 heterocycles. The number of aryl methyl sites for hydroxylation is 1. The standard InChI is InChI=1S/C18H21NO3/c1-12-8-10-14(11-9-12)13(2)19-18(20)17-15(21-3)6-5-7-16(17)22-4/h5-11,13H,1-4H3,(H,19,20)/t13-/m0/s1. The summed E-state index contributed by atoms with van der Waals surface area (Å²) in [5.41, 5.74) is 2.65. The van der Waals surface area contributed by atoms with Crippen LogP contribution < -0.4 is 14.8 Å². The predicted octanol–water partition coefficient (Wildman–Crippen LogP) is 3.50. The van der Waals surface area contributed by atoms with Gasteiger partial charge in [-0.25, -0.2) is 0 Å². The average Bonchev–Trinajstić information content (AvgIpc) is 2.54. The fourth-order valence-corrected chi connectivity index (χ4v) is 2.28. The molecule has 0 fully saturated rings. The van der Waals surface area contributed by atoms with Gasteiger partial charge in [-0.1, -0.05) is 35.9 Å². The first-order valence-electron chi connectivity index (χ1n) is 7.15. The molecule has 1 atom stereocenters. The first-order chi connectivity index (χ1) is 10.6. The quantitative estimate of drug-likeness (QED) is 0.919. The van der Waals surface area contributed by atoms with Gasteiger partial charge in [0.15, 0.2) is 0 Å². The van der Waals surface area contributed by atoms with Crippen molar-refractivity contribution in [1.82, 2.24) is 5.32 Å². The summed E-state index contributed by atoms with van der Waals surface area (Å²) in [5.74, 6) is 0.767. The molecule has 0 saturated carbocycles. The molecule has 1 N–H and O–H groups in total. The van der Waals surface area contributed by atoms with Gasteiger partial charge in [-0.15, -0.1) is 0 Å². The van der Waals surface area contributed by atoms with Gasteiger partial charge in [0.2, 0.25) is 0 Å². The van der Waals surface area contributed by atoms with E-state index in [1.54, 1.807) is 18.2 Å². The van der Waals surface area contributed by atoms with Crippen LogP contribution in [0.25, 0.3) is 0 Å². The zero-order valence-electron chi connectivity index (χ0n) is 13.3. The Hall–Kier alpha value is -2.49. The second-order valence-corrected chi connectivity index (χ2v) is 5.14. The van der Waals surface area contributed by atoms with Crippen molar-refractivity contribution in [2.75, 3.05) is 14.2 Å². The maximum atomic E-state index is 12.6. The van der Waals surface area contributed by atoms with Crippen molar-refractivity contribution >= 4 is 5.91 Å². The van der Waals surface area contributed by atoms with Crippen LogP contribution in [0.5, 0.6) is 11.5 Å². The molecule has 22 heavy (non-hydrogen) atoms. The van der Waals surface area contributed by atoms with E-state index in [0.717, 1.165) is 5.56 Å². The summed E-state index contributed by atoms with van der Waals surface area (Å²) in [4.78, 5) is 12.6. The van der Waals surface area contributed by atoms with Crippen LogP contribution in [0.2, 0.25) is 0 Å². The lowest BCUT2D eigenvalue weighted by Crippen LogP contribution is -2.27. The number of hydrogen-bond donors (Lipinski definition) is 1. The molecule has 1 amide bonds. The summed E-state index contributed by atoms with van der Waals surface area (Å²) >= 11 is 0. The van der Waals surface area contributed by atoms with Gasteiger partial charge in [0.25, 0.3) is 5.91 Å². The maximum Gasteiger partial charge on any atom is 0.259 e. The summed E-state index contributed by atoms with van der Waals surface area (Å²) < 4.78 is 10.5. The molecule has 2 aromatic rings. The number of hydrogen-bond acceptors (Lipinski definition) is 3. The van der Waals surface area contributed by atoms with Gasteiger partial charge in [-0.3, -0.25) is 4.79 Å². The van der Waals surface area contributed by atoms with Crippen LogP contribution >= 0.6 is 0 Å². The minimum absolute atomic E-state index is 0.109. The van der Waals surface area contributed by atoms with Crippen LogP contribution in [0.1, 0.15) is 34.5 Å². The number of methoxy groups -OCH3 is 2. The summed E-state index contributed by atoms with van der Waals surface area (Å²) in [6.45, 7) is 3.98. The minimum Gasteiger partial charge on any atom is -0.496 e. The van der Waals surface area contributed by atoms with E-state index in [-0.39, 0.29) is 11.9 Å². The number of carbonyl (C=O) groups is 1. The second-order valence-electron chi connectivity index (χ2n) is 5.14. The Labute approximate surface area is 131 Å². The fraction of sp³-hybridized carbons (Fsp3) is 0.278. The molecule has 4 nitrogen and oxygen atoms in total. The zero-order chi connectivity index (χ0) is 16.1. The van der Waals surface area contributed by atoms with E-state index in [0.29, 0.717) is 17.1 Å². The van der Waals surface area contributed by atoms with Crippen molar-refractivity contribution in [2.45, 2.75) is 19.9 Å². The highest BCUT2D eigenvalue weighted by atomic mass is 16.5. The molecule has 2 rings (SSSR count). The lowest BCUT2D eigenvalue weighted by molar-refractivity contribution is 0.0933. The molecule has 0 aromatic heterocycles. The minimum atomic E-state index is -0.220. The van der Waals surface area contributed by atoms with Crippen LogP contribution in [0.15, 0.2) is 42.5 Å². The number of amides is 1. The van der Waals surface area contributed by atoms with E-state index in [2.05, 4.69) is 5.32 Å². The first-order valence-corrected chi connectivity index (χ1v) is 7.15. The molecule has 0 aliphatic carbocycles. The normalized spacial score (nSPS) is 11.6. The highest BCUT2D eigenvalue weighted by molar-refractivity contribution is 5.99. The van der Waals surface area contributed by atoms with Crippen molar-refractivity contribution in [3.8, 4) is 11.5 Å². The molecule has 0 aliphatic heterocycles. The molecule has 0 bridgehead atoms. The number of rotatable bonds is 5. The largest absolute Gasteiger partial charge is 0.496 e. The third kappa shape index (κ3) is 3.39. The number of benzene rings is 2. The van der Waals surface area contributed by atoms with Gasteiger partial charge in [0.1, 0.15) is 17.1 Å². The molecule has 0 unspecified atom stereocenters. The maximum absolute atomic E-state index is 12.6. The molecule has 0 spiro atoms. The molecular weight excluding hydrogens is 278 g/mol. The van der Waals surface area contributed by atoms with Gasteiger partial charge >= 0.3 is 0 Å². The average molecular weight is 299 g/mol. The zero-order valence-corrected chi connectivity index (χ0v) is 13.3. The van der Waals surface area contributed by atoms with Crippen molar-refractivity contribution in [3.05, 3.63) is 59.2 Å². The lowest BCUT2D eigenvalue weighted by atomic mass is 10.1. The Balaban J connectivity index is 2.23. The fourth-order valence-electron chi connectivity index (χ4n) is 2.28. The third-order valence-electron chi connectivity index (χ3n) is 3.58. The highest BCUT2D eigenvalue weighted by Crippen LogP contribution is 2.28. The molecule has 0 saturated heterocycles. The summed E-state index contributed by atoms with van der Waals surface area (Å²) in [6.07, 6.45) is 0. The van der Waals surface area contributed by atoms with E-state index < -0.39 is 0 Å². The summed E-state index contributed by atoms with van der Waals surface area (Å²) in [6, 6.07) is 13.3. The summed E-state index contributed by atoms with van der Waals surface area (Å²) in [7, 11) is 3.07. The number of carbonyl (C=O) groups excluding carboxylic acids is 1. The smallest absolute Gasteiger partial charge is 0.259 e. The van der Waals surface area contributed by atoms with E-state index in [9.17, 15) is 4.79 Å². The Kier molecular flexibility index (Phi) is 5.04. The first kappa shape index (κ1) is 15.9. The molecule has 2 aromatic carbocycles. The van der Waals surface area contributed by atoms with Gasteiger partial charge in [0, 0.05) is 0 Å². The van der Waals surface area contributed by atoms with Crippen LogP contribution in [-0.4, -0.2) is 20.1 Å². The van der Waals surface area contributed by atoms with Crippen LogP contribution in [-0.2, 0) is 0 Å². The van der Waals surface area contributed by atoms with Gasteiger partial charge in [-0.2, -0.15) is 0 Å². The molecule has 0 radical (unpaired) electrons. The van der Waals surface area contributed by atoms with E-state index >= 15 is 0 Å². The Bertz CT molecular complexity index is 628. The van der Waals surface area contributed by atoms with E-state index in [1.165, 1.54) is 19.8 Å². The van der Waals surface area contributed by atoms with E-state index in [4.69, 9.17) is 9.47 Å². The van der Waals surface area contributed by atoms with Gasteiger partial charge in [0.05, 0.1) is 20.3 Å². The summed E-state index contributed by atoms with van der Waals surface area (Å²) in [5, 5.41) is 2.98. The van der Waals surface area contributed by atoms with Gasteiger partial charge in [-0.05, 0) is 31.5 Å². The third-order valence-corrected chi connectivity index (χ3v) is 3.58. The Morgan fingerprint density at radius 2 is 1.55 bits per heavy atom. The molecule has 4 heteroatoms. The van der Waals surface area contributed by atoms with Crippen molar-refractivity contribution in [3.63, 3.8) is 0 Å². The predicted molar refractivity (Wildman–Crippen MR) is 86.6 cm³/mol. The van der Waals surface area contributed by atoms with Crippen LogP contribution in [0, 0.1) is 6.92 Å². The van der Waals surface area contributed by atoms with Gasteiger partial charge < -0.3 is 14.8 Å². The SMILES string of the molecule is COc1cccc(OC)c1C(=O)N[C@@H](C)c1ccc(C)cc1. The van der Waals surface area contributed by atoms with Crippen molar-refractivity contribution < 1.29 is 14.3 Å². The molecule has 0 aliphatic rings. The number of ether oxygens (including phenoxy) is 2. The monoisotopic (exact) mass is 299 g/mol. The Morgan fingerprint density at radius 3 is 2.05 bits per heavy atom. The van der Waals surface area contributed by atoms with Crippen molar-refractivity contribution in [2.24, 2.45) is 0 Å².